The van der Waals surface area contributed by atoms with Crippen LogP contribution in [-0.2, 0) is 0 Å². The maximum atomic E-state index is 9.08. The quantitative estimate of drug-likeness (QED) is 0.628. The van der Waals surface area contributed by atoms with Gasteiger partial charge in [0, 0.05) is 6.61 Å². The number of hydrogen-bond donors (Lipinski definition) is 1. The molecule has 1 nitrogen and oxygen atoms in total. The largest absolute Gasteiger partial charge is 0.396 e. The van der Waals surface area contributed by atoms with E-state index in [1.54, 1.807) is 0 Å². The van der Waals surface area contributed by atoms with Crippen LogP contribution in [0.4, 0.5) is 0 Å². The van der Waals surface area contributed by atoms with E-state index in [4.69, 9.17) is 5.11 Å². The molecule has 1 heteroatoms. The first-order valence-corrected chi connectivity index (χ1v) is 4.79. The van der Waals surface area contributed by atoms with Gasteiger partial charge in [-0.05, 0) is 30.1 Å². The van der Waals surface area contributed by atoms with Crippen molar-refractivity contribution < 1.29 is 5.11 Å². The summed E-state index contributed by atoms with van der Waals surface area (Å²) in [7, 11) is 0. The van der Waals surface area contributed by atoms with Gasteiger partial charge in [0.2, 0.25) is 0 Å². The van der Waals surface area contributed by atoms with Gasteiger partial charge in [-0.15, -0.1) is 0 Å². The summed E-state index contributed by atoms with van der Waals surface area (Å²) in [6, 6.07) is 0. The van der Waals surface area contributed by atoms with Crippen molar-refractivity contribution in [2.45, 2.75) is 33.6 Å². The third kappa shape index (κ3) is 1.42. The molecular formula is C11H20O. The van der Waals surface area contributed by atoms with E-state index in [1.807, 2.05) is 0 Å². The van der Waals surface area contributed by atoms with Gasteiger partial charge < -0.3 is 5.11 Å². The van der Waals surface area contributed by atoms with Crippen molar-refractivity contribution in [1.82, 2.24) is 0 Å². The summed E-state index contributed by atoms with van der Waals surface area (Å²) in [5.74, 6) is 1.04. The molecule has 1 fully saturated rings. The Morgan fingerprint density at radius 3 is 2.58 bits per heavy atom. The zero-order valence-electron chi connectivity index (χ0n) is 8.43. The third-order valence-electron chi connectivity index (χ3n) is 3.57. The zero-order valence-corrected chi connectivity index (χ0v) is 8.43. The molecule has 1 aliphatic rings. The number of rotatable bonds is 2. The lowest BCUT2D eigenvalue weighted by Gasteiger charge is -2.32. The van der Waals surface area contributed by atoms with Gasteiger partial charge >= 0.3 is 0 Å². The number of aliphatic hydroxyl groups excluding tert-OH is 1. The molecule has 0 heterocycles. The van der Waals surface area contributed by atoms with Crippen molar-refractivity contribution >= 4 is 0 Å². The molecule has 0 aromatic carbocycles. The van der Waals surface area contributed by atoms with Crippen molar-refractivity contribution in [2.75, 3.05) is 6.61 Å². The van der Waals surface area contributed by atoms with Crippen molar-refractivity contribution in [2.24, 2.45) is 17.3 Å². The summed E-state index contributed by atoms with van der Waals surface area (Å²) in [5, 5.41) is 9.08. The van der Waals surface area contributed by atoms with Crippen LogP contribution in [0.1, 0.15) is 33.6 Å². The first kappa shape index (κ1) is 9.79. The number of hydrogen-bond acceptors (Lipinski definition) is 1. The first-order valence-electron chi connectivity index (χ1n) is 4.79. The van der Waals surface area contributed by atoms with Crippen molar-refractivity contribution in [3.05, 3.63) is 12.2 Å². The predicted octanol–water partition coefficient (Wildman–Crippen LogP) is 2.61. The molecule has 2 atom stereocenters. The van der Waals surface area contributed by atoms with E-state index in [9.17, 15) is 0 Å². The van der Waals surface area contributed by atoms with Crippen molar-refractivity contribution in [1.29, 1.82) is 0 Å². The SMILES string of the molecule is C=C1CC[C@H]([C@@H](C)CO)C1(C)C. The summed E-state index contributed by atoms with van der Waals surface area (Å²) in [5.41, 5.74) is 1.59. The average Bonchev–Trinajstić information content (AvgIpc) is 2.27. The van der Waals surface area contributed by atoms with E-state index >= 15 is 0 Å². The van der Waals surface area contributed by atoms with Crippen LogP contribution in [0.2, 0.25) is 0 Å². The van der Waals surface area contributed by atoms with Crippen LogP contribution in [0.15, 0.2) is 12.2 Å². The van der Waals surface area contributed by atoms with Crippen molar-refractivity contribution in [3.63, 3.8) is 0 Å². The molecule has 0 amide bonds. The van der Waals surface area contributed by atoms with Gasteiger partial charge in [0.15, 0.2) is 0 Å². The molecule has 0 radical (unpaired) electrons. The maximum absolute atomic E-state index is 9.08. The predicted molar refractivity (Wildman–Crippen MR) is 51.9 cm³/mol. The smallest absolute Gasteiger partial charge is 0.0459 e. The standard InChI is InChI=1S/C11H20O/c1-8(7-12)10-6-5-9(2)11(10,3)4/h8,10,12H,2,5-7H2,1,3-4H3/t8-,10+/m0/s1. The number of allylic oxidation sites excluding steroid dienone is 1. The highest BCUT2D eigenvalue weighted by atomic mass is 16.3. The summed E-state index contributed by atoms with van der Waals surface area (Å²) in [4.78, 5) is 0. The summed E-state index contributed by atoms with van der Waals surface area (Å²) < 4.78 is 0. The molecule has 0 bridgehead atoms. The lowest BCUT2D eigenvalue weighted by Crippen LogP contribution is -2.26. The highest BCUT2D eigenvalue weighted by Gasteiger charge is 2.39. The van der Waals surface area contributed by atoms with Crippen LogP contribution in [0, 0.1) is 17.3 Å². The molecular weight excluding hydrogens is 148 g/mol. The van der Waals surface area contributed by atoms with Gasteiger partial charge in [0.1, 0.15) is 0 Å². The Morgan fingerprint density at radius 1 is 1.67 bits per heavy atom. The molecule has 12 heavy (non-hydrogen) atoms. The van der Waals surface area contributed by atoms with Crippen LogP contribution in [-0.4, -0.2) is 11.7 Å². The van der Waals surface area contributed by atoms with Crippen LogP contribution in [0.3, 0.4) is 0 Å². The van der Waals surface area contributed by atoms with E-state index in [2.05, 4.69) is 27.4 Å². The Hall–Kier alpha value is -0.300. The van der Waals surface area contributed by atoms with E-state index in [0.717, 1.165) is 6.42 Å². The van der Waals surface area contributed by atoms with Gasteiger partial charge in [-0.25, -0.2) is 0 Å². The molecule has 1 rings (SSSR count). The van der Waals surface area contributed by atoms with Gasteiger partial charge in [0.05, 0.1) is 0 Å². The van der Waals surface area contributed by atoms with Gasteiger partial charge in [-0.2, -0.15) is 0 Å². The highest BCUT2D eigenvalue weighted by molar-refractivity contribution is 5.15. The van der Waals surface area contributed by atoms with E-state index in [0.29, 0.717) is 18.4 Å². The van der Waals surface area contributed by atoms with Crippen LogP contribution >= 0.6 is 0 Å². The number of aliphatic hydroxyl groups is 1. The second-order valence-corrected chi connectivity index (χ2v) is 4.63. The fraction of sp³-hybridized carbons (Fsp3) is 0.818. The topological polar surface area (TPSA) is 20.2 Å². The zero-order chi connectivity index (χ0) is 9.35. The third-order valence-corrected chi connectivity index (χ3v) is 3.57. The van der Waals surface area contributed by atoms with Crippen LogP contribution in [0.25, 0.3) is 0 Å². The minimum Gasteiger partial charge on any atom is -0.396 e. The molecule has 0 unspecified atom stereocenters. The second-order valence-electron chi connectivity index (χ2n) is 4.63. The molecule has 0 aromatic rings. The Bertz CT molecular complexity index is 181. The molecule has 1 N–H and O–H groups in total. The maximum Gasteiger partial charge on any atom is 0.0459 e. The van der Waals surface area contributed by atoms with Gasteiger partial charge in [-0.1, -0.05) is 32.9 Å². The Labute approximate surface area is 75.5 Å². The highest BCUT2D eigenvalue weighted by Crippen LogP contribution is 2.49. The Morgan fingerprint density at radius 2 is 2.25 bits per heavy atom. The fourth-order valence-electron chi connectivity index (χ4n) is 2.40. The Kier molecular flexibility index (Phi) is 2.62. The molecule has 0 spiro atoms. The van der Waals surface area contributed by atoms with E-state index < -0.39 is 0 Å². The monoisotopic (exact) mass is 168 g/mol. The lowest BCUT2D eigenvalue weighted by atomic mass is 9.74. The van der Waals surface area contributed by atoms with Crippen LogP contribution in [0.5, 0.6) is 0 Å². The molecule has 0 aromatic heterocycles. The Balaban J connectivity index is 2.74. The van der Waals surface area contributed by atoms with Gasteiger partial charge in [-0.3, -0.25) is 0 Å². The molecule has 0 aliphatic heterocycles. The fourth-order valence-corrected chi connectivity index (χ4v) is 2.40. The van der Waals surface area contributed by atoms with Crippen molar-refractivity contribution in [3.8, 4) is 0 Å². The minimum atomic E-state index is 0.238. The molecule has 70 valence electrons. The first-order chi connectivity index (χ1) is 5.50. The summed E-state index contributed by atoms with van der Waals surface area (Å²) >= 11 is 0. The molecule has 1 aliphatic carbocycles. The lowest BCUT2D eigenvalue weighted by molar-refractivity contribution is 0.137. The molecule has 1 saturated carbocycles. The normalized spacial score (nSPS) is 30.7. The molecule has 0 saturated heterocycles. The van der Waals surface area contributed by atoms with E-state index in [-0.39, 0.29) is 5.41 Å². The summed E-state index contributed by atoms with van der Waals surface area (Å²) in [6.07, 6.45) is 2.34. The van der Waals surface area contributed by atoms with Gasteiger partial charge in [0.25, 0.3) is 0 Å². The second kappa shape index (κ2) is 3.21. The summed E-state index contributed by atoms with van der Waals surface area (Å²) in [6.45, 7) is 11.0. The van der Waals surface area contributed by atoms with E-state index in [1.165, 1.54) is 12.0 Å². The van der Waals surface area contributed by atoms with Crippen LogP contribution < -0.4 is 0 Å². The average molecular weight is 168 g/mol. The minimum absolute atomic E-state index is 0.238.